The van der Waals surface area contributed by atoms with Crippen LogP contribution in [0.3, 0.4) is 0 Å². The van der Waals surface area contributed by atoms with Crippen LogP contribution in [-0.2, 0) is 9.53 Å². The fraction of sp³-hybridized carbons (Fsp3) is 0.550. The summed E-state index contributed by atoms with van der Waals surface area (Å²) in [6.45, 7) is 10.4. The second-order valence-electron chi connectivity index (χ2n) is 7.00. The normalized spacial score (nSPS) is 11.9. The van der Waals surface area contributed by atoms with E-state index >= 15 is 0 Å². The van der Waals surface area contributed by atoms with E-state index < -0.39 is 5.60 Å². The first-order valence-corrected chi connectivity index (χ1v) is 9.08. The summed E-state index contributed by atoms with van der Waals surface area (Å²) in [5.74, 6) is -0.112. The standard InChI is InChI=1S/C20H29FN2O4/c1-6-23(7-2)19(25)17-10-9-16(13-22-17)26-14-15(12-21)8-11-18(24)27-20(3,4)5/h9-10,12-13H,6-8,11,14H2,1-5H3/b15-12+. The largest absolute Gasteiger partial charge is 0.488 e. The summed E-state index contributed by atoms with van der Waals surface area (Å²) in [5.41, 5.74) is 0.102. The molecule has 7 heteroatoms. The third kappa shape index (κ3) is 8.19. The molecule has 0 saturated carbocycles. The molecule has 0 aliphatic carbocycles. The van der Waals surface area contributed by atoms with Crippen molar-refractivity contribution in [2.75, 3.05) is 19.7 Å². The molecule has 0 fully saturated rings. The Kier molecular flexibility index (Phi) is 8.91. The van der Waals surface area contributed by atoms with Crippen LogP contribution in [0.1, 0.15) is 57.9 Å². The van der Waals surface area contributed by atoms with Crippen molar-refractivity contribution < 1.29 is 23.5 Å². The number of aromatic nitrogens is 1. The molecule has 0 bridgehead atoms. The van der Waals surface area contributed by atoms with Gasteiger partial charge in [0.25, 0.3) is 5.91 Å². The zero-order valence-corrected chi connectivity index (χ0v) is 16.8. The predicted octanol–water partition coefficient (Wildman–Crippen LogP) is 3.92. The average Bonchev–Trinajstić information content (AvgIpc) is 2.61. The van der Waals surface area contributed by atoms with Gasteiger partial charge >= 0.3 is 5.97 Å². The Balaban J connectivity index is 2.54. The van der Waals surface area contributed by atoms with Gasteiger partial charge in [0, 0.05) is 19.5 Å². The molecular formula is C20H29FN2O4. The Morgan fingerprint density at radius 2 is 1.85 bits per heavy atom. The SMILES string of the molecule is CCN(CC)C(=O)c1ccc(OC/C(=C/F)CCC(=O)OC(C)(C)C)cn1. The molecule has 0 aliphatic rings. The maximum Gasteiger partial charge on any atom is 0.306 e. The van der Waals surface area contributed by atoms with Crippen molar-refractivity contribution in [3.63, 3.8) is 0 Å². The van der Waals surface area contributed by atoms with Gasteiger partial charge in [0.15, 0.2) is 0 Å². The van der Waals surface area contributed by atoms with Gasteiger partial charge in [-0.3, -0.25) is 9.59 Å². The van der Waals surface area contributed by atoms with E-state index in [9.17, 15) is 14.0 Å². The minimum Gasteiger partial charge on any atom is -0.488 e. The molecule has 0 unspecified atom stereocenters. The van der Waals surface area contributed by atoms with E-state index in [2.05, 4.69) is 4.98 Å². The van der Waals surface area contributed by atoms with Gasteiger partial charge in [0.1, 0.15) is 23.7 Å². The highest BCUT2D eigenvalue weighted by molar-refractivity contribution is 5.92. The van der Waals surface area contributed by atoms with E-state index in [0.29, 0.717) is 36.4 Å². The first-order valence-electron chi connectivity index (χ1n) is 9.08. The Bertz CT molecular complexity index is 647. The van der Waals surface area contributed by atoms with Crippen LogP contribution in [-0.4, -0.2) is 47.1 Å². The number of rotatable bonds is 9. The second kappa shape index (κ2) is 10.6. The highest BCUT2D eigenvalue weighted by atomic mass is 19.1. The smallest absolute Gasteiger partial charge is 0.306 e. The topological polar surface area (TPSA) is 68.7 Å². The molecule has 27 heavy (non-hydrogen) atoms. The minimum atomic E-state index is -0.566. The van der Waals surface area contributed by atoms with Crippen molar-refractivity contribution in [3.8, 4) is 5.75 Å². The minimum absolute atomic E-state index is 0.00961. The molecule has 0 radical (unpaired) electrons. The van der Waals surface area contributed by atoms with E-state index in [1.165, 1.54) is 6.20 Å². The van der Waals surface area contributed by atoms with Crippen molar-refractivity contribution in [2.24, 2.45) is 0 Å². The number of esters is 1. The van der Waals surface area contributed by atoms with Crippen LogP contribution in [0.15, 0.2) is 30.2 Å². The van der Waals surface area contributed by atoms with Crippen molar-refractivity contribution in [1.29, 1.82) is 0 Å². The molecule has 1 aromatic heterocycles. The zero-order chi connectivity index (χ0) is 20.4. The van der Waals surface area contributed by atoms with Gasteiger partial charge in [-0.2, -0.15) is 0 Å². The number of halogens is 1. The van der Waals surface area contributed by atoms with E-state index in [4.69, 9.17) is 9.47 Å². The third-order valence-electron chi connectivity index (χ3n) is 3.65. The lowest BCUT2D eigenvalue weighted by Crippen LogP contribution is -2.31. The van der Waals surface area contributed by atoms with Gasteiger partial charge in [-0.05, 0) is 58.7 Å². The highest BCUT2D eigenvalue weighted by Crippen LogP contribution is 2.15. The number of hydrogen-bond donors (Lipinski definition) is 0. The fourth-order valence-electron chi connectivity index (χ4n) is 2.25. The van der Waals surface area contributed by atoms with Gasteiger partial charge < -0.3 is 14.4 Å². The molecule has 0 saturated heterocycles. The highest BCUT2D eigenvalue weighted by Gasteiger charge is 2.17. The van der Waals surface area contributed by atoms with E-state index in [1.54, 1.807) is 37.8 Å². The second-order valence-corrected chi connectivity index (χ2v) is 7.00. The van der Waals surface area contributed by atoms with Crippen molar-refractivity contribution in [2.45, 2.75) is 53.1 Å². The first-order chi connectivity index (χ1) is 12.7. The number of nitrogens with zero attached hydrogens (tertiary/aromatic N) is 2. The Morgan fingerprint density at radius 3 is 2.33 bits per heavy atom. The van der Waals surface area contributed by atoms with Crippen LogP contribution in [0.4, 0.5) is 4.39 Å². The summed E-state index contributed by atoms with van der Waals surface area (Å²) in [5, 5.41) is 0. The summed E-state index contributed by atoms with van der Waals surface area (Å²) in [4.78, 5) is 29.7. The summed E-state index contributed by atoms with van der Waals surface area (Å²) < 4.78 is 23.7. The van der Waals surface area contributed by atoms with E-state index in [0.717, 1.165) is 0 Å². The molecule has 1 aromatic rings. The molecule has 150 valence electrons. The number of carbonyl (C=O) groups excluding carboxylic acids is 2. The summed E-state index contributed by atoms with van der Waals surface area (Å²) >= 11 is 0. The van der Waals surface area contributed by atoms with Crippen LogP contribution in [0.2, 0.25) is 0 Å². The predicted molar refractivity (Wildman–Crippen MR) is 101 cm³/mol. The van der Waals surface area contributed by atoms with E-state index in [-0.39, 0.29) is 31.3 Å². The lowest BCUT2D eigenvalue weighted by molar-refractivity contribution is -0.154. The zero-order valence-electron chi connectivity index (χ0n) is 16.8. The lowest BCUT2D eigenvalue weighted by atomic mass is 10.1. The molecule has 6 nitrogen and oxygen atoms in total. The van der Waals surface area contributed by atoms with Crippen LogP contribution in [0.25, 0.3) is 0 Å². The molecule has 1 heterocycles. The Hall–Kier alpha value is -2.44. The Morgan fingerprint density at radius 1 is 1.19 bits per heavy atom. The average molecular weight is 380 g/mol. The van der Waals surface area contributed by atoms with E-state index in [1.807, 2.05) is 13.8 Å². The van der Waals surface area contributed by atoms with Crippen molar-refractivity contribution >= 4 is 11.9 Å². The molecule has 0 N–H and O–H groups in total. The Labute approximate surface area is 160 Å². The quantitative estimate of drug-likeness (QED) is 0.608. The lowest BCUT2D eigenvalue weighted by Gasteiger charge is -2.19. The molecule has 0 aliphatic heterocycles. The van der Waals surface area contributed by atoms with Gasteiger partial charge in [0.2, 0.25) is 0 Å². The van der Waals surface area contributed by atoms with Crippen LogP contribution < -0.4 is 4.74 Å². The summed E-state index contributed by atoms with van der Waals surface area (Å²) in [6.07, 6.45) is 2.15. The summed E-state index contributed by atoms with van der Waals surface area (Å²) in [6, 6.07) is 3.20. The number of amides is 1. The number of ether oxygens (including phenoxy) is 2. The van der Waals surface area contributed by atoms with Crippen LogP contribution in [0.5, 0.6) is 5.75 Å². The van der Waals surface area contributed by atoms with Gasteiger partial charge in [-0.15, -0.1) is 0 Å². The third-order valence-corrected chi connectivity index (χ3v) is 3.65. The molecule has 0 spiro atoms. The fourth-order valence-corrected chi connectivity index (χ4v) is 2.25. The van der Waals surface area contributed by atoms with Crippen LogP contribution in [0, 0.1) is 0 Å². The number of pyridine rings is 1. The molecule has 1 rings (SSSR count). The van der Waals surface area contributed by atoms with Gasteiger partial charge in [-0.25, -0.2) is 9.37 Å². The van der Waals surface area contributed by atoms with Crippen molar-refractivity contribution in [1.82, 2.24) is 9.88 Å². The monoisotopic (exact) mass is 380 g/mol. The number of carbonyl (C=O) groups is 2. The molecule has 0 aromatic carbocycles. The first kappa shape index (κ1) is 22.6. The van der Waals surface area contributed by atoms with Crippen molar-refractivity contribution in [3.05, 3.63) is 35.9 Å². The maximum atomic E-state index is 13.0. The van der Waals surface area contributed by atoms with Gasteiger partial charge in [-0.1, -0.05) is 0 Å². The summed E-state index contributed by atoms with van der Waals surface area (Å²) in [7, 11) is 0. The molecule has 1 amide bonds. The van der Waals surface area contributed by atoms with Crippen LogP contribution >= 0.6 is 0 Å². The molecular weight excluding hydrogens is 351 g/mol. The molecule has 0 atom stereocenters. The maximum absolute atomic E-state index is 13.0. The number of hydrogen-bond acceptors (Lipinski definition) is 5. The van der Waals surface area contributed by atoms with Gasteiger partial charge in [0.05, 0.1) is 12.5 Å².